The van der Waals surface area contributed by atoms with Gasteiger partial charge in [0.05, 0.1) is 19.8 Å². The fraction of sp³-hybridized carbons (Fsp3) is 0.286. The Morgan fingerprint density at radius 2 is 1.74 bits per heavy atom. The van der Waals surface area contributed by atoms with E-state index in [-0.39, 0.29) is 5.57 Å². The first kappa shape index (κ1) is 24.1. The van der Waals surface area contributed by atoms with Crippen LogP contribution in [0.15, 0.2) is 60.2 Å². The Morgan fingerprint density at radius 1 is 1.09 bits per heavy atom. The van der Waals surface area contributed by atoms with Gasteiger partial charge >= 0.3 is 0 Å². The van der Waals surface area contributed by atoms with Crippen molar-refractivity contribution in [1.82, 2.24) is 4.57 Å². The first-order chi connectivity index (χ1) is 17.0. The highest BCUT2D eigenvalue weighted by molar-refractivity contribution is 6.09. The standard InChI is InChI=1S/C28H30N4O3/c1-4-35-27-11-5-24(6-12-27)30-28(33)23(19-29)18-22-17-20(2)32(21(22)3)26-9-7-25(8-10-26)31-13-15-34-16-14-31/h5-12,17-18H,4,13-16H2,1-3H3,(H,30,33)/b23-18-. The number of nitrogens with zero attached hydrogens (tertiary/aromatic N) is 3. The lowest BCUT2D eigenvalue weighted by Gasteiger charge is -2.29. The highest BCUT2D eigenvalue weighted by Gasteiger charge is 2.15. The highest BCUT2D eigenvalue weighted by atomic mass is 16.5. The minimum atomic E-state index is -0.448. The van der Waals surface area contributed by atoms with Crippen LogP contribution in [-0.2, 0) is 9.53 Å². The molecule has 0 radical (unpaired) electrons. The topological polar surface area (TPSA) is 79.5 Å². The maximum Gasteiger partial charge on any atom is 0.266 e. The predicted molar refractivity (Wildman–Crippen MR) is 138 cm³/mol. The summed E-state index contributed by atoms with van der Waals surface area (Å²) in [5, 5.41) is 12.5. The van der Waals surface area contributed by atoms with Gasteiger partial charge in [0.2, 0.25) is 0 Å². The van der Waals surface area contributed by atoms with Crippen molar-refractivity contribution in [1.29, 1.82) is 5.26 Å². The summed E-state index contributed by atoms with van der Waals surface area (Å²) in [6.45, 7) is 9.79. The molecule has 1 amide bonds. The van der Waals surface area contributed by atoms with Crippen molar-refractivity contribution < 1.29 is 14.3 Å². The van der Waals surface area contributed by atoms with E-state index >= 15 is 0 Å². The smallest absolute Gasteiger partial charge is 0.266 e. The third kappa shape index (κ3) is 5.56. The Balaban J connectivity index is 1.53. The number of aryl methyl sites for hydroxylation is 1. The monoisotopic (exact) mass is 470 g/mol. The number of hydrogen-bond donors (Lipinski definition) is 1. The van der Waals surface area contributed by atoms with Gasteiger partial charge in [-0.2, -0.15) is 5.26 Å². The van der Waals surface area contributed by atoms with Crippen LogP contribution >= 0.6 is 0 Å². The van der Waals surface area contributed by atoms with E-state index in [0.717, 1.165) is 54.7 Å². The van der Waals surface area contributed by atoms with E-state index in [0.29, 0.717) is 12.3 Å². The minimum absolute atomic E-state index is 0.0433. The number of amides is 1. The van der Waals surface area contributed by atoms with Crippen LogP contribution in [0.3, 0.4) is 0 Å². The van der Waals surface area contributed by atoms with Crippen LogP contribution in [-0.4, -0.2) is 43.4 Å². The molecule has 35 heavy (non-hydrogen) atoms. The van der Waals surface area contributed by atoms with Gasteiger partial charge in [0.1, 0.15) is 17.4 Å². The second-order valence-electron chi connectivity index (χ2n) is 8.36. The zero-order valence-electron chi connectivity index (χ0n) is 20.4. The number of carbonyl (C=O) groups is 1. The number of nitrogens with one attached hydrogen (secondary N) is 1. The molecule has 7 nitrogen and oxygen atoms in total. The largest absolute Gasteiger partial charge is 0.494 e. The molecule has 0 unspecified atom stereocenters. The van der Waals surface area contributed by atoms with E-state index < -0.39 is 5.91 Å². The molecule has 1 N–H and O–H groups in total. The lowest BCUT2D eigenvalue weighted by Crippen LogP contribution is -2.36. The van der Waals surface area contributed by atoms with Gasteiger partial charge in [-0.3, -0.25) is 4.79 Å². The van der Waals surface area contributed by atoms with Gasteiger partial charge in [-0.05, 0) is 87.0 Å². The average Bonchev–Trinajstić information content (AvgIpc) is 3.16. The quantitative estimate of drug-likeness (QED) is 0.393. The Labute approximate surface area is 206 Å². The molecule has 2 heterocycles. The Morgan fingerprint density at radius 3 is 2.37 bits per heavy atom. The van der Waals surface area contributed by atoms with E-state index in [2.05, 4.69) is 39.0 Å². The van der Waals surface area contributed by atoms with E-state index in [1.807, 2.05) is 32.9 Å². The molecule has 1 aliphatic rings. The molecular formula is C28H30N4O3. The van der Waals surface area contributed by atoms with Crippen LogP contribution in [0, 0.1) is 25.2 Å². The molecule has 1 saturated heterocycles. The molecule has 0 bridgehead atoms. The number of aromatic nitrogens is 1. The van der Waals surface area contributed by atoms with E-state index in [1.165, 1.54) is 5.69 Å². The molecule has 7 heteroatoms. The van der Waals surface area contributed by atoms with Crippen LogP contribution in [0.1, 0.15) is 23.9 Å². The molecule has 0 spiro atoms. The molecule has 1 aliphatic heterocycles. The predicted octanol–water partition coefficient (Wildman–Crippen LogP) is 4.88. The summed E-state index contributed by atoms with van der Waals surface area (Å²) in [5.74, 6) is 0.281. The van der Waals surface area contributed by atoms with Crippen molar-refractivity contribution in [3.8, 4) is 17.5 Å². The Kier molecular flexibility index (Phi) is 7.54. The van der Waals surface area contributed by atoms with E-state index in [9.17, 15) is 10.1 Å². The van der Waals surface area contributed by atoms with Crippen LogP contribution in [0.4, 0.5) is 11.4 Å². The van der Waals surface area contributed by atoms with Gasteiger partial charge in [-0.25, -0.2) is 0 Å². The minimum Gasteiger partial charge on any atom is -0.494 e. The van der Waals surface area contributed by atoms with Crippen molar-refractivity contribution in [3.63, 3.8) is 0 Å². The molecule has 0 saturated carbocycles. The number of hydrogen-bond acceptors (Lipinski definition) is 5. The molecule has 0 aliphatic carbocycles. The lowest BCUT2D eigenvalue weighted by molar-refractivity contribution is -0.112. The van der Waals surface area contributed by atoms with Gasteiger partial charge in [-0.15, -0.1) is 0 Å². The number of nitriles is 1. The fourth-order valence-corrected chi connectivity index (χ4v) is 4.27. The van der Waals surface area contributed by atoms with Crippen molar-refractivity contribution in [2.24, 2.45) is 0 Å². The van der Waals surface area contributed by atoms with Gasteiger partial charge in [0, 0.05) is 41.5 Å². The highest BCUT2D eigenvalue weighted by Crippen LogP contribution is 2.25. The van der Waals surface area contributed by atoms with Crippen LogP contribution in [0.25, 0.3) is 11.8 Å². The number of rotatable bonds is 7. The third-order valence-electron chi connectivity index (χ3n) is 6.04. The first-order valence-electron chi connectivity index (χ1n) is 11.8. The van der Waals surface area contributed by atoms with Crippen LogP contribution in [0.5, 0.6) is 5.75 Å². The third-order valence-corrected chi connectivity index (χ3v) is 6.04. The first-order valence-corrected chi connectivity index (χ1v) is 11.8. The molecule has 1 aromatic heterocycles. The second-order valence-corrected chi connectivity index (χ2v) is 8.36. The summed E-state index contributed by atoms with van der Waals surface area (Å²) in [4.78, 5) is 15.1. The normalized spacial score (nSPS) is 13.9. The summed E-state index contributed by atoms with van der Waals surface area (Å²) in [6.07, 6.45) is 1.64. The lowest BCUT2D eigenvalue weighted by atomic mass is 10.1. The number of ether oxygens (including phenoxy) is 2. The van der Waals surface area contributed by atoms with Crippen LogP contribution < -0.4 is 15.0 Å². The molecule has 4 rings (SSSR count). The summed E-state index contributed by atoms with van der Waals surface area (Å²) in [5.41, 5.74) is 5.68. The SMILES string of the molecule is CCOc1ccc(NC(=O)/C(C#N)=C\c2cc(C)n(-c3ccc(N4CCOCC4)cc3)c2C)cc1. The molecule has 1 fully saturated rings. The molecule has 3 aromatic rings. The van der Waals surface area contributed by atoms with Crippen LogP contribution in [0.2, 0.25) is 0 Å². The maximum absolute atomic E-state index is 12.8. The van der Waals surface area contributed by atoms with Crippen molar-refractivity contribution in [3.05, 3.63) is 77.1 Å². The van der Waals surface area contributed by atoms with Crippen molar-refractivity contribution in [2.75, 3.05) is 43.1 Å². The summed E-state index contributed by atoms with van der Waals surface area (Å²) < 4.78 is 13.0. The zero-order valence-corrected chi connectivity index (χ0v) is 20.4. The summed E-state index contributed by atoms with van der Waals surface area (Å²) in [7, 11) is 0. The molecule has 0 atom stereocenters. The zero-order chi connectivity index (χ0) is 24.8. The molecular weight excluding hydrogens is 440 g/mol. The maximum atomic E-state index is 12.8. The molecule has 2 aromatic carbocycles. The number of carbonyl (C=O) groups excluding carboxylic acids is 1. The van der Waals surface area contributed by atoms with Gasteiger partial charge in [0.15, 0.2) is 0 Å². The van der Waals surface area contributed by atoms with Gasteiger partial charge in [-0.1, -0.05) is 0 Å². The fourth-order valence-electron chi connectivity index (χ4n) is 4.27. The summed E-state index contributed by atoms with van der Waals surface area (Å²) in [6, 6.07) is 19.6. The van der Waals surface area contributed by atoms with Crippen molar-refractivity contribution >= 4 is 23.4 Å². The second kappa shape index (κ2) is 10.9. The number of anilines is 2. The van der Waals surface area contributed by atoms with Gasteiger partial charge in [0.25, 0.3) is 5.91 Å². The summed E-state index contributed by atoms with van der Waals surface area (Å²) >= 11 is 0. The van der Waals surface area contributed by atoms with E-state index in [4.69, 9.17) is 9.47 Å². The van der Waals surface area contributed by atoms with Gasteiger partial charge < -0.3 is 24.3 Å². The Bertz CT molecular complexity index is 1250. The molecule has 180 valence electrons. The number of morpholine rings is 1. The average molecular weight is 471 g/mol. The Hall–Kier alpha value is -4.02. The van der Waals surface area contributed by atoms with Crippen molar-refractivity contribution in [2.45, 2.75) is 20.8 Å². The number of benzene rings is 2. The van der Waals surface area contributed by atoms with E-state index in [1.54, 1.807) is 30.3 Å².